The first-order chi connectivity index (χ1) is 13.6. The molecule has 0 bridgehead atoms. The Balaban J connectivity index is 1.71. The van der Waals surface area contributed by atoms with Gasteiger partial charge in [0, 0.05) is 24.5 Å². The summed E-state index contributed by atoms with van der Waals surface area (Å²) >= 11 is 0. The monoisotopic (exact) mass is 381 g/mol. The highest BCUT2D eigenvalue weighted by Crippen LogP contribution is 2.23. The van der Waals surface area contributed by atoms with Gasteiger partial charge in [-0.1, -0.05) is 0 Å². The number of ether oxygens (including phenoxy) is 1. The minimum atomic E-state index is -0.417. The van der Waals surface area contributed by atoms with E-state index in [1.54, 1.807) is 30.5 Å². The molecule has 1 fully saturated rings. The van der Waals surface area contributed by atoms with Crippen molar-refractivity contribution in [2.24, 2.45) is 5.73 Å². The summed E-state index contributed by atoms with van der Waals surface area (Å²) in [5.74, 6) is 0.0329. The average Bonchev–Trinajstić information content (AvgIpc) is 3.20. The second kappa shape index (κ2) is 9.15. The molecule has 1 unspecified atom stereocenters. The summed E-state index contributed by atoms with van der Waals surface area (Å²) in [6.07, 6.45) is 3.38. The van der Waals surface area contributed by atoms with Crippen LogP contribution in [0.25, 0.3) is 15.7 Å². The molecule has 2 aromatic rings. The predicted molar refractivity (Wildman–Crippen MR) is 105 cm³/mol. The minimum Gasteiger partial charge on any atom is -0.494 e. The lowest BCUT2D eigenvalue weighted by molar-refractivity contribution is -0.130. The molecule has 3 rings (SSSR count). The lowest BCUT2D eigenvalue weighted by atomic mass is 10.1. The Morgan fingerprint density at radius 3 is 3.04 bits per heavy atom. The zero-order valence-corrected chi connectivity index (χ0v) is 15.6. The lowest BCUT2D eigenvalue weighted by Gasteiger charge is -2.16. The number of nitrogens with one attached hydrogen (secondary N) is 1. The molecule has 8 nitrogen and oxygen atoms in total. The van der Waals surface area contributed by atoms with Crippen molar-refractivity contribution in [3.05, 3.63) is 47.4 Å². The van der Waals surface area contributed by atoms with Gasteiger partial charge in [0.25, 0.3) is 5.91 Å². The molecule has 3 N–H and O–H groups in total. The molecule has 1 atom stereocenters. The fourth-order valence-corrected chi connectivity index (χ4v) is 3.21. The minimum absolute atomic E-state index is 0.138. The van der Waals surface area contributed by atoms with Gasteiger partial charge in [0.2, 0.25) is 5.91 Å². The Labute approximate surface area is 163 Å². The summed E-state index contributed by atoms with van der Waals surface area (Å²) in [7, 11) is 0. The molecule has 0 aliphatic carbocycles. The van der Waals surface area contributed by atoms with Crippen LogP contribution in [-0.2, 0) is 4.79 Å². The van der Waals surface area contributed by atoms with Gasteiger partial charge in [0.15, 0.2) is 0 Å². The molecule has 28 heavy (non-hydrogen) atoms. The molecule has 1 aromatic heterocycles. The molecular weight excluding hydrogens is 358 g/mol. The Bertz CT molecular complexity index is 908. The first kappa shape index (κ1) is 19.6. The third-order valence-electron chi connectivity index (χ3n) is 4.67. The number of benzene rings is 1. The van der Waals surface area contributed by atoms with Crippen LogP contribution in [0.1, 0.15) is 29.6 Å². The van der Waals surface area contributed by atoms with Crippen LogP contribution in [-0.4, -0.2) is 54.1 Å². The number of aromatic nitrogens is 1. The van der Waals surface area contributed by atoms with E-state index in [2.05, 4.69) is 15.1 Å². The van der Waals surface area contributed by atoms with E-state index < -0.39 is 6.17 Å². The maximum Gasteiger partial charge on any atom is 0.300 e. The topological polar surface area (TPSA) is 102 Å². The first-order valence-electron chi connectivity index (χ1n) is 9.30. The fourth-order valence-electron chi connectivity index (χ4n) is 3.21. The highest BCUT2D eigenvalue weighted by molar-refractivity contribution is 6.07. The van der Waals surface area contributed by atoms with E-state index in [9.17, 15) is 9.59 Å². The Kier molecular flexibility index (Phi) is 6.40. The number of amides is 2. The summed E-state index contributed by atoms with van der Waals surface area (Å²) in [4.78, 5) is 34.3. The summed E-state index contributed by atoms with van der Waals surface area (Å²) in [5.41, 5.74) is 6.56. The van der Waals surface area contributed by atoms with Crippen molar-refractivity contribution in [1.29, 1.82) is 0 Å². The van der Waals surface area contributed by atoms with E-state index in [1.807, 2.05) is 0 Å². The van der Waals surface area contributed by atoms with Gasteiger partial charge in [-0.05, 0) is 43.7 Å². The number of nitrogens with two attached hydrogens (primary N) is 1. The Morgan fingerprint density at radius 2 is 2.25 bits per heavy atom. The summed E-state index contributed by atoms with van der Waals surface area (Å²) in [6.45, 7) is 8.63. The van der Waals surface area contributed by atoms with Crippen LogP contribution in [0, 0.1) is 6.57 Å². The summed E-state index contributed by atoms with van der Waals surface area (Å²) < 4.78 is 5.65. The van der Waals surface area contributed by atoms with Gasteiger partial charge in [-0.25, -0.2) is 6.57 Å². The van der Waals surface area contributed by atoms with E-state index in [0.29, 0.717) is 48.3 Å². The van der Waals surface area contributed by atoms with Crippen LogP contribution in [0.15, 0.2) is 30.5 Å². The second-order valence-electron chi connectivity index (χ2n) is 6.55. The first-order valence-corrected chi connectivity index (χ1v) is 9.30. The quantitative estimate of drug-likeness (QED) is 0.560. The second-order valence-corrected chi connectivity index (χ2v) is 6.55. The predicted octanol–water partition coefficient (Wildman–Crippen LogP) is 1.56. The number of pyridine rings is 1. The summed E-state index contributed by atoms with van der Waals surface area (Å²) in [6, 6.07) is 6.98. The summed E-state index contributed by atoms with van der Waals surface area (Å²) in [5, 5.41) is 3.32. The lowest BCUT2D eigenvalue weighted by Crippen LogP contribution is -2.41. The van der Waals surface area contributed by atoms with Crippen LogP contribution >= 0.6 is 0 Å². The molecule has 0 saturated carbocycles. The molecule has 0 radical (unpaired) electrons. The highest BCUT2D eigenvalue weighted by atomic mass is 16.5. The average molecular weight is 381 g/mol. The van der Waals surface area contributed by atoms with Crippen molar-refractivity contribution in [2.45, 2.75) is 25.4 Å². The van der Waals surface area contributed by atoms with E-state index in [-0.39, 0.29) is 18.4 Å². The molecule has 2 amide bonds. The zero-order chi connectivity index (χ0) is 19.9. The smallest absolute Gasteiger partial charge is 0.300 e. The number of hydrogen-bond acceptors (Lipinski definition) is 5. The van der Waals surface area contributed by atoms with Crippen LogP contribution in [0.4, 0.5) is 0 Å². The van der Waals surface area contributed by atoms with E-state index in [1.165, 1.54) is 4.90 Å². The van der Waals surface area contributed by atoms with Gasteiger partial charge in [0.05, 0.1) is 24.2 Å². The van der Waals surface area contributed by atoms with Crippen molar-refractivity contribution in [1.82, 2.24) is 15.2 Å². The van der Waals surface area contributed by atoms with Gasteiger partial charge < -0.3 is 15.8 Å². The normalized spacial score (nSPS) is 16.0. The van der Waals surface area contributed by atoms with Crippen LogP contribution in [0.2, 0.25) is 0 Å². The maximum atomic E-state index is 12.7. The maximum absolute atomic E-state index is 12.7. The van der Waals surface area contributed by atoms with E-state index in [4.69, 9.17) is 17.0 Å². The van der Waals surface area contributed by atoms with Crippen molar-refractivity contribution >= 4 is 22.7 Å². The van der Waals surface area contributed by atoms with Crippen molar-refractivity contribution in [3.8, 4) is 5.75 Å². The molecular formula is C20H23N5O3. The van der Waals surface area contributed by atoms with Gasteiger partial charge in [-0.3, -0.25) is 24.3 Å². The Morgan fingerprint density at radius 1 is 1.39 bits per heavy atom. The molecule has 146 valence electrons. The highest BCUT2D eigenvalue weighted by Gasteiger charge is 2.32. The van der Waals surface area contributed by atoms with Gasteiger partial charge in [-0.2, -0.15) is 0 Å². The molecule has 2 heterocycles. The van der Waals surface area contributed by atoms with Crippen LogP contribution < -0.4 is 15.8 Å². The van der Waals surface area contributed by atoms with Crippen molar-refractivity contribution in [3.63, 3.8) is 0 Å². The van der Waals surface area contributed by atoms with Crippen LogP contribution in [0.5, 0.6) is 5.75 Å². The number of rotatable bonds is 7. The van der Waals surface area contributed by atoms with Crippen molar-refractivity contribution < 1.29 is 14.3 Å². The third-order valence-corrected chi connectivity index (χ3v) is 4.67. The number of hydrogen-bond donors (Lipinski definition) is 2. The van der Waals surface area contributed by atoms with Gasteiger partial charge in [-0.15, -0.1) is 0 Å². The molecule has 0 spiro atoms. The van der Waals surface area contributed by atoms with E-state index >= 15 is 0 Å². The SMILES string of the molecule is [C-]#[N+]C1CCCN1C(=O)CNC(=O)c1ccnc2ccc(OCCCN)cc12. The Hall–Kier alpha value is -3.18. The zero-order valence-electron chi connectivity index (χ0n) is 15.6. The number of carbonyl (C=O) groups excluding carboxylic acids is 2. The molecule has 1 aromatic carbocycles. The van der Waals surface area contributed by atoms with E-state index in [0.717, 1.165) is 12.8 Å². The molecule has 1 aliphatic rings. The largest absolute Gasteiger partial charge is 0.494 e. The number of fused-ring (bicyclic) bond motifs is 1. The van der Waals surface area contributed by atoms with Crippen molar-refractivity contribution in [2.75, 3.05) is 26.2 Å². The number of likely N-dealkylation sites (tertiary alicyclic amines) is 1. The molecule has 8 heteroatoms. The third kappa shape index (κ3) is 4.38. The van der Waals surface area contributed by atoms with Gasteiger partial charge >= 0.3 is 6.17 Å². The van der Waals surface area contributed by atoms with Gasteiger partial charge in [0.1, 0.15) is 5.75 Å². The fraction of sp³-hybridized carbons (Fsp3) is 0.400. The molecule has 1 aliphatic heterocycles. The standard InChI is InChI=1S/C20H23N5O3/c1-22-18-4-2-10-25(18)19(26)13-24-20(27)15-7-9-23-17-6-5-14(12-16(15)17)28-11-3-8-21/h5-7,9,12,18H,2-4,8,10-11,13,21H2,(H,24,27). The van der Waals surface area contributed by atoms with Crippen LogP contribution in [0.3, 0.4) is 0 Å². The number of nitrogens with zero attached hydrogens (tertiary/aromatic N) is 3. The number of carbonyl (C=O) groups is 2. The molecule has 1 saturated heterocycles.